The van der Waals surface area contributed by atoms with Crippen molar-refractivity contribution < 1.29 is 4.79 Å². The molecule has 4 heteroatoms. The van der Waals surface area contributed by atoms with E-state index in [1.165, 1.54) is 4.90 Å². The van der Waals surface area contributed by atoms with Crippen molar-refractivity contribution in [3.8, 4) is 0 Å². The minimum absolute atomic E-state index is 0. The number of nitrogens with zero attached hydrogens (tertiary/aromatic N) is 1. The molecule has 0 saturated heterocycles. The number of amides is 1. The molecule has 0 atom stereocenters. The fourth-order valence-electron chi connectivity index (χ4n) is 0. The fourth-order valence-corrected chi connectivity index (χ4v) is 0. The van der Waals surface area contributed by atoms with E-state index >= 15 is 0 Å². The summed E-state index contributed by atoms with van der Waals surface area (Å²) in [6.07, 6.45) is 0.750. The highest BCUT2D eigenvalue weighted by atomic mass is 35.5. The molecule has 0 aromatic rings. The van der Waals surface area contributed by atoms with Crippen LogP contribution >= 0.6 is 24.8 Å². The summed E-state index contributed by atoms with van der Waals surface area (Å²) in [6, 6.07) is 0. The van der Waals surface area contributed by atoms with E-state index < -0.39 is 0 Å². The molecule has 0 spiro atoms. The van der Waals surface area contributed by atoms with E-state index in [1.54, 1.807) is 14.1 Å². The fraction of sp³-hybridized carbons (Fsp3) is 0.750. The van der Waals surface area contributed by atoms with Crippen LogP contribution in [0.1, 0.15) is 7.43 Å². The molecule has 0 aromatic carbocycles. The van der Waals surface area contributed by atoms with Crippen LogP contribution in [0.15, 0.2) is 0 Å². The Balaban J connectivity index is -0.0000000267. The maximum atomic E-state index is 9.43. The molecule has 0 fully saturated rings. The first-order chi connectivity index (χ1) is 2.27. The molecule has 2 nitrogen and oxygen atoms in total. The average molecular weight is 162 g/mol. The molecule has 0 heterocycles. The molecule has 0 aliphatic carbocycles. The number of carbonyl (C=O) groups is 1. The van der Waals surface area contributed by atoms with Gasteiger partial charge in [-0.3, -0.25) is 4.79 Å². The normalized spacial score (nSPS) is 4.25. The second kappa shape index (κ2) is 15.7. The number of halogens is 2. The number of rotatable bonds is 1. The average Bonchev–Trinajstić information content (AvgIpc) is 1.38. The van der Waals surface area contributed by atoms with E-state index in [0.717, 1.165) is 6.41 Å². The van der Waals surface area contributed by atoms with Crippen LogP contribution in [0.3, 0.4) is 0 Å². The lowest BCUT2D eigenvalue weighted by Crippen LogP contribution is -2.06. The molecule has 0 rings (SSSR count). The van der Waals surface area contributed by atoms with Crippen molar-refractivity contribution in [2.24, 2.45) is 0 Å². The van der Waals surface area contributed by atoms with Crippen LogP contribution in [0.4, 0.5) is 0 Å². The number of carbonyl (C=O) groups excluding carboxylic acids is 1. The van der Waals surface area contributed by atoms with Gasteiger partial charge in [0.15, 0.2) is 0 Å². The van der Waals surface area contributed by atoms with Crippen LogP contribution in [0.5, 0.6) is 0 Å². The van der Waals surface area contributed by atoms with Crippen molar-refractivity contribution in [3.63, 3.8) is 0 Å². The number of hydrogen-bond acceptors (Lipinski definition) is 1. The lowest BCUT2D eigenvalue weighted by atomic mass is 11.0. The van der Waals surface area contributed by atoms with E-state index in [0.29, 0.717) is 0 Å². The molecular formula is C4H13Cl2NO. The molecule has 0 saturated carbocycles. The van der Waals surface area contributed by atoms with Gasteiger partial charge in [-0.25, -0.2) is 0 Å². The summed E-state index contributed by atoms with van der Waals surface area (Å²) in [5.41, 5.74) is 0. The Morgan fingerprint density at radius 1 is 1.25 bits per heavy atom. The molecular weight excluding hydrogens is 149 g/mol. The van der Waals surface area contributed by atoms with Crippen LogP contribution in [0.25, 0.3) is 0 Å². The molecule has 1 amide bonds. The van der Waals surface area contributed by atoms with Gasteiger partial charge in [0.05, 0.1) is 0 Å². The zero-order valence-corrected chi connectivity index (χ0v) is 5.88. The minimum Gasteiger partial charge on any atom is -0.351 e. The smallest absolute Gasteiger partial charge is 0.209 e. The largest absolute Gasteiger partial charge is 0.351 e. The molecule has 0 N–H and O–H groups in total. The molecule has 54 valence electrons. The van der Waals surface area contributed by atoms with Gasteiger partial charge in [0, 0.05) is 14.1 Å². The van der Waals surface area contributed by atoms with Crippen molar-refractivity contribution in [3.05, 3.63) is 0 Å². The van der Waals surface area contributed by atoms with Gasteiger partial charge >= 0.3 is 0 Å². The molecule has 8 heavy (non-hydrogen) atoms. The Hall–Kier alpha value is 0.0500. The Morgan fingerprint density at radius 3 is 1.38 bits per heavy atom. The molecule has 0 aromatic heterocycles. The lowest BCUT2D eigenvalue weighted by Gasteiger charge is -1.93. The quantitative estimate of drug-likeness (QED) is 0.530. The van der Waals surface area contributed by atoms with Gasteiger partial charge in [0.25, 0.3) is 0 Å². The molecule has 0 aliphatic rings. The second-order valence-corrected chi connectivity index (χ2v) is 1.07. The first kappa shape index (κ1) is 24.4. The van der Waals surface area contributed by atoms with Gasteiger partial charge in [-0.1, -0.05) is 7.43 Å². The maximum absolute atomic E-state index is 9.43. The topological polar surface area (TPSA) is 20.3 Å². The Kier molecular flexibility index (Phi) is 48.0. The van der Waals surface area contributed by atoms with Gasteiger partial charge in [0.2, 0.25) is 6.41 Å². The third-order valence-electron chi connectivity index (χ3n) is 0.211. The predicted molar refractivity (Wildman–Crippen MR) is 41.0 cm³/mol. The summed E-state index contributed by atoms with van der Waals surface area (Å²) in [5.74, 6) is 0. The van der Waals surface area contributed by atoms with Crippen LogP contribution in [-0.4, -0.2) is 25.4 Å². The van der Waals surface area contributed by atoms with Crippen LogP contribution < -0.4 is 0 Å². The highest BCUT2D eigenvalue weighted by Crippen LogP contribution is 1.52. The van der Waals surface area contributed by atoms with Gasteiger partial charge in [-0.05, 0) is 0 Å². The zero-order valence-electron chi connectivity index (χ0n) is 4.25. The van der Waals surface area contributed by atoms with Gasteiger partial charge in [-0.15, -0.1) is 24.8 Å². The third kappa shape index (κ3) is 36.7. The van der Waals surface area contributed by atoms with E-state index in [2.05, 4.69) is 0 Å². The first-order valence-electron chi connectivity index (χ1n) is 1.39. The van der Waals surface area contributed by atoms with Crippen LogP contribution in [0, 0.1) is 0 Å². The zero-order chi connectivity index (χ0) is 4.28. The first-order valence-corrected chi connectivity index (χ1v) is 1.39. The minimum atomic E-state index is 0. The van der Waals surface area contributed by atoms with Gasteiger partial charge < -0.3 is 4.90 Å². The van der Waals surface area contributed by atoms with Crippen LogP contribution in [-0.2, 0) is 4.79 Å². The molecule has 0 radical (unpaired) electrons. The summed E-state index contributed by atoms with van der Waals surface area (Å²) >= 11 is 0. The summed E-state index contributed by atoms with van der Waals surface area (Å²) in [5, 5.41) is 0. The summed E-state index contributed by atoms with van der Waals surface area (Å²) in [4.78, 5) is 10.9. The lowest BCUT2D eigenvalue weighted by molar-refractivity contribution is -0.115. The standard InChI is InChI=1S/C3H7NO.CH4.2ClH/c1-4(2)3-5;;;/h3H,1-2H3;1H4;2*1H. The highest BCUT2D eigenvalue weighted by molar-refractivity contribution is 5.85. The van der Waals surface area contributed by atoms with E-state index in [1.807, 2.05) is 0 Å². The Morgan fingerprint density at radius 2 is 1.38 bits per heavy atom. The summed E-state index contributed by atoms with van der Waals surface area (Å²) in [7, 11) is 3.38. The Labute approximate surface area is 63.1 Å². The highest BCUT2D eigenvalue weighted by Gasteiger charge is 1.68. The summed E-state index contributed by atoms with van der Waals surface area (Å²) in [6.45, 7) is 0. The van der Waals surface area contributed by atoms with Crippen molar-refractivity contribution in [2.75, 3.05) is 14.1 Å². The molecule has 0 bridgehead atoms. The van der Waals surface area contributed by atoms with E-state index in [9.17, 15) is 4.79 Å². The monoisotopic (exact) mass is 161 g/mol. The Bertz CT molecular complexity index is 41.0. The maximum Gasteiger partial charge on any atom is 0.209 e. The van der Waals surface area contributed by atoms with Crippen molar-refractivity contribution in [1.82, 2.24) is 4.90 Å². The predicted octanol–water partition coefficient (Wildman–Crippen LogP) is 1.18. The number of hydrogen-bond donors (Lipinski definition) is 0. The van der Waals surface area contributed by atoms with E-state index in [-0.39, 0.29) is 32.2 Å². The van der Waals surface area contributed by atoms with Crippen molar-refractivity contribution in [1.29, 1.82) is 0 Å². The van der Waals surface area contributed by atoms with Gasteiger partial charge in [-0.2, -0.15) is 0 Å². The molecule has 0 unspecified atom stereocenters. The van der Waals surface area contributed by atoms with Crippen molar-refractivity contribution in [2.45, 2.75) is 7.43 Å². The third-order valence-corrected chi connectivity index (χ3v) is 0.211. The molecule has 0 aliphatic heterocycles. The summed E-state index contributed by atoms with van der Waals surface area (Å²) < 4.78 is 0. The van der Waals surface area contributed by atoms with E-state index in [4.69, 9.17) is 0 Å². The van der Waals surface area contributed by atoms with Crippen LogP contribution in [0.2, 0.25) is 0 Å². The SMILES string of the molecule is C.CN(C)C=O.Cl.Cl. The van der Waals surface area contributed by atoms with Gasteiger partial charge in [0.1, 0.15) is 0 Å². The van der Waals surface area contributed by atoms with Crippen molar-refractivity contribution >= 4 is 31.2 Å². The second-order valence-electron chi connectivity index (χ2n) is 1.07.